The number of halogens is 2. The molecule has 0 aliphatic rings. The number of pyridine rings is 1. The number of esters is 1. The lowest BCUT2D eigenvalue weighted by molar-refractivity contribution is 0.0530. The van der Waals surface area contributed by atoms with Gasteiger partial charge < -0.3 is 4.74 Å². The number of rotatable bonds is 5. The standard InChI is InChI=1S/C15H15Cl2N3O3S/c1-4-23-14(22)12-10(7(2)3)19-15(24-12)20-13(21)11-8(16)5-6-9(17)18-11/h5-7H,4H2,1-3H3,(H,19,20,21). The number of nitrogens with one attached hydrogen (secondary N) is 1. The Balaban J connectivity index is 2.29. The first-order valence-corrected chi connectivity index (χ1v) is 8.72. The molecule has 128 valence electrons. The fourth-order valence-electron chi connectivity index (χ4n) is 1.85. The minimum absolute atomic E-state index is 0.000749. The molecule has 0 saturated heterocycles. The summed E-state index contributed by atoms with van der Waals surface area (Å²) in [5.41, 5.74) is 0.557. The van der Waals surface area contributed by atoms with Gasteiger partial charge in [0.1, 0.15) is 15.7 Å². The van der Waals surface area contributed by atoms with Crippen molar-refractivity contribution in [3.05, 3.63) is 38.6 Å². The zero-order chi connectivity index (χ0) is 17.9. The predicted octanol–water partition coefficient (Wildman–Crippen LogP) is 4.40. The van der Waals surface area contributed by atoms with Gasteiger partial charge in [0.25, 0.3) is 5.91 Å². The molecule has 0 atom stereocenters. The van der Waals surface area contributed by atoms with E-state index in [0.717, 1.165) is 11.3 Å². The van der Waals surface area contributed by atoms with Crippen molar-refractivity contribution < 1.29 is 14.3 Å². The second-order valence-electron chi connectivity index (χ2n) is 5.03. The van der Waals surface area contributed by atoms with Crippen molar-refractivity contribution in [1.29, 1.82) is 0 Å². The number of ether oxygens (including phenoxy) is 1. The molecule has 0 saturated carbocycles. The molecule has 0 aliphatic heterocycles. The van der Waals surface area contributed by atoms with E-state index in [1.807, 2.05) is 13.8 Å². The summed E-state index contributed by atoms with van der Waals surface area (Å²) in [5.74, 6) is -1.01. The van der Waals surface area contributed by atoms with Gasteiger partial charge in [0.05, 0.1) is 17.3 Å². The molecule has 0 radical (unpaired) electrons. The lowest BCUT2D eigenvalue weighted by Crippen LogP contribution is -2.14. The Morgan fingerprint density at radius 2 is 2.00 bits per heavy atom. The monoisotopic (exact) mass is 387 g/mol. The van der Waals surface area contributed by atoms with Gasteiger partial charge in [0.15, 0.2) is 5.13 Å². The first kappa shape index (κ1) is 18.6. The third-order valence-electron chi connectivity index (χ3n) is 2.91. The van der Waals surface area contributed by atoms with E-state index in [1.165, 1.54) is 12.1 Å². The van der Waals surface area contributed by atoms with Crippen LogP contribution in [-0.4, -0.2) is 28.5 Å². The van der Waals surface area contributed by atoms with Crippen LogP contribution in [-0.2, 0) is 4.74 Å². The summed E-state index contributed by atoms with van der Waals surface area (Å²) in [4.78, 5) is 32.9. The molecule has 2 aromatic rings. The molecule has 2 rings (SSSR count). The number of hydrogen-bond acceptors (Lipinski definition) is 6. The van der Waals surface area contributed by atoms with Crippen molar-refractivity contribution in [3.8, 4) is 0 Å². The fraction of sp³-hybridized carbons (Fsp3) is 0.333. The van der Waals surface area contributed by atoms with Gasteiger partial charge in [-0.05, 0) is 25.0 Å². The molecule has 0 fully saturated rings. The molecule has 2 aromatic heterocycles. The van der Waals surface area contributed by atoms with Gasteiger partial charge in [-0.25, -0.2) is 14.8 Å². The molecule has 0 unspecified atom stereocenters. The Bertz CT molecular complexity index is 777. The van der Waals surface area contributed by atoms with Crippen LogP contribution >= 0.6 is 34.5 Å². The van der Waals surface area contributed by atoms with Crippen LogP contribution in [0.25, 0.3) is 0 Å². The average molecular weight is 388 g/mol. The Morgan fingerprint density at radius 1 is 1.29 bits per heavy atom. The highest BCUT2D eigenvalue weighted by Crippen LogP contribution is 2.29. The van der Waals surface area contributed by atoms with Gasteiger partial charge in [-0.1, -0.05) is 48.4 Å². The lowest BCUT2D eigenvalue weighted by atomic mass is 10.1. The number of anilines is 1. The number of hydrogen-bond donors (Lipinski definition) is 1. The molecule has 0 aromatic carbocycles. The SMILES string of the molecule is CCOC(=O)c1sc(NC(=O)c2nc(Cl)ccc2Cl)nc1C(C)C. The second kappa shape index (κ2) is 7.92. The first-order valence-electron chi connectivity index (χ1n) is 7.14. The molecule has 6 nitrogen and oxygen atoms in total. The van der Waals surface area contributed by atoms with Crippen LogP contribution in [0, 0.1) is 0 Å². The van der Waals surface area contributed by atoms with Crippen molar-refractivity contribution >= 4 is 51.5 Å². The van der Waals surface area contributed by atoms with Gasteiger partial charge in [0.2, 0.25) is 0 Å². The van der Waals surface area contributed by atoms with Gasteiger partial charge >= 0.3 is 5.97 Å². The first-order chi connectivity index (χ1) is 11.3. The number of nitrogens with zero attached hydrogens (tertiary/aromatic N) is 2. The van der Waals surface area contributed by atoms with Crippen LogP contribution in [0.3, 0.4) is 0 Å². The molecule has 0 bridgehead atoms. The van der Waals surface area contributed by atoms with Crippen molar-refractivity contribution in [1.82, 2.24) is 9.97 Å². The smallest absolute Gasteiger partial charge is 0.350 e. The lowest BCUT2D eigenvalue weighted by Gasteiger charge is -2.04. The Morgan fingerprint density at radius 3 is 2.62 bits per heavy atom. The van der Waals surface area contributed by atoms with E-state index in [1.54, 1.807) is 6.92 Å². The summed E-state index contributed by atoms with van der Waals surface area (Å²) in [5, 5.41) is 3.18. The van der Waals surface area contributed by atoms with Crippen molar-refractivity contribution in [2.24, 2.45) is 0 Å². The summed E-state index contributed by atoms with van der Waals surface area (Å²) in [6.07, 6.45) is 0. The highest BCUT2D eigenvalue weighted by Gasteiger charge is 2.23. The predicted molar refractivity (Wildman–Crippen MR) is 94.4 cm³/mol. The minimum Gasteiger partial charge on any atom is -0.462 e. The number of carbonyl (C=O) groups excluding carboxylic acids is 2. The Labute approximate surface area is 153 Å². The number of carbonyl (C=O) groups is 2. The average Bonchev–Trinajstić information content (AvgIpc) is 2.94. The Kier molecular flexibility index (Phi) is 6.15. The van der Waals surface area contributed by atoms with Crippen LogP contribution in [0.4, 0.5) is 5.13 Å². The summed E-state index contributed by atoms with van der Waals surface area (Å²) in [6.45, 7) is 5.79. The zero-order valence-electron chi connectivity index (χ0n) is 13.2. The van der Waals surface area contributed by atoms with E-state index < -0.39 is 11.9 Å². The van der Waals surface area contributed by atoms with Gasteiger partial charge in [-0.2, -0.15) is 0 Å². The number of amides is 1. The van der Waals surface area contributed by atoms with Gasteiger partial charge in [-0.15, -0.1) is 0 Å². The quantitative estimate of drug-likeness (QED) is 0.607. The Hall–Kier alpha value is -1.70. The topological polar surface area (TPSA) is 81.2 Å². The van der Waals surface area contributed by atoms with Crippen LogP contribution in [0.2, 0.25) is 10.2 Å². The molecule has 1 N–H and O–H groups in total. The van der Waals surface area contributed by atoms with Crippen LogP contribution in [0.5, 0.6) is 0 Å². The summed E-state index contributed by atoms with van der Waals surface area (Å²) >= 11 is 12.8. The highest BCUT2D eigenvalue weighted by atomic mass is 35.5. The third-order valence-corrected chi connectivity index (χ3v) is 4.39. The minimum atomic E-state index is -0.554. The normalized spacial score (nSPS) is 10.8. The summed E-state index contributed by atoms with van der Waals surface area (Å²) < 4.78 is 5.02. The van der Waals surface area contributed by atoms with Gasteiger partial charge in [-0.3, -0.25) is 10.1 Å². The third kappa shape index (κ3) is 4.23. The van der Waals surface area contributed by atoms with E-state index in [0.29, 0.717) is 10.6 Å². The maximum absolute atomic E-state index is 12.3. The zero-order valence-corrected chi connectivity index (χ0v) is 15.6. The molecule has 24 heavy (non-hydrogen) atoms. The van der Waals surface area contributed by atoms with Crippen molar-refractivity contribution in [2.45, 2.75) is 26.7 Å². The number of thiazole rings is 1. The van der Waals surface area contributed by atoms with E-state index in [9.17, 15) is 9.59 Å². The highest BCUT2D eigenvalue weighted by molar-refractivity contribution is 7.17. The molecule has 9 heteroatoms. The molecule has 0 aliphatic carbocycles. The molecular weight excluding hydrogens is 373 g/mol. The van der Waals surface area contributed by atoms with Gasteiger partial charge in [0, 0.05) is 0 Å². The van der Waals surface area contributed by atoms with Crippen LogP contribution in [0.15, 0.2) is 12.1 Å². The second-order valence-corrected chi connectivity index (χ2v) is 6.82. The maximum atomic E-state index is 12.3. The maximum Gasteiger partial charge on any atom is 0.350 e. The van der Waals surface area contributed by atoms with Crippen molar-refractivity contribution in [3.63, 3.8) is 0 Å². The molecule has 1 amide bonds. The molecular formula is C15H15Cl2N3O3S. The van der Waals surface area contributed by atoms with E-state index in [4.69, 9.17) is 27.9 Å². The molecule has 0 spiro atoms. The summed E-state index contributed by atoms with van der Waals surface area (Å²) in [6, 6.07) is 2.97. The fourth-order valence-corrected chi connectivity index (χ4v) is 3.20. The molecule has 2 heterocycles. The van der Waals surface area contributed by atoms with E-state index in [-0.39, 0.29) is 33.5 Å². The van der Waals surface area contributed by atoms with E-state index in [2.05, 4.69) is 15.3 Å². The summed E-state index contributed by atoms with van der Waals surface area (Å²) in [7, 11) is 0. The number of aromatic nitrogens is 2. The van der Waals surface area contributed by atoms with Crippen LogP contribution < -0.4 is 5.32 Å². The largest absolute Gasteiger partial charge is 0.462 e. The van der Waals surface area contributed by atoms with Crippen molar-refractivity contribution in [2.75, 3.05) is 11.9 Å². The van der Waals surface area contributed by atoms with E-state index >= 15 is 0 Å². The van der Waals surface area contributed by atoms with Crippen LogP contribution in [0.1, 0.15) is 52.5 Å².